The van der Waals surface area contributed by atoms with Crippen molar-refractivity contribution in [3.05, 3.63) is 77.4 Å². The molecule has 0 fully saturated rings. The second-order valence-corrected chi connectivity index (χ2v) is 7.91. The average Bonchev–Trinajstić information content (AvgIpc) is 3.07. The molecule has 0 unspecified atom stereocenters. The smallest absolute Gasteiger partial charge is 0.253 e. The number of aliphatic hydroxyl groups is 1. The minimum absolute atomic E-state index is 0.103. The Morgan fingerprint density at radius 1 is 1.15 bits per heavy atom. The van der Waals surface area contributed by atoms with E-state index in [1.807, 2.05) is 30.3 Å². The van der Waals surface area contributed by atoms with Crippen molar-refractivity contribution in [3.8, 4) is 0 Å². The van der Waals surface area contributed by atoms with Crippen LogP contribution in [0.1, 0.15) is 37.9 Å². The predicted octanol–water partition coefficient (Wildman–Crippen LogP) is 4.34. The predicted molar refractivity (Wildman–Crippen MR) is 101 cm³/mol. The van der Waals surface area contributed by atoms with Crippen LogP contribution in [0.4, 0.5) is 8.78 Å². The number of benzene rings is 2. The molecule has 5 heteroatoms. The van der Waals surface area contributed by atoms with Crippen molar-refractivity contribution in [2.45, 2.75) is 32.9 Å². The summed E-state index contributed by atoms with van der Waals surface area (Å²) in [5.41, 5.74) is 0.871. The fourth-order valence-corrected chi connectivity index (χ4v) is 3.20. The highest BCUT2D eigenvalue weighted by Gasteiger charge is 2.38. The molecule has 1 heterocycles. The van der Waals surface area contributed by atoms with Crippen LogP contribution in [0.25, 0.3) is 5.57 Å². The summed E-state index contributed by atoms with van der Waals surface area (Å²) in [5, 5.41) is 10.5. The molecule has 3 rings (SSSR count). The van der Waals surface area contributed by atoms with Crippen molar-refractivity contribution in [1.29, 1.82) is 0 Å². The van der Waals surface area contributed by atoms with Gasteiger partial charge in [-0.25, -0.2) is 8.78 Å². The SMILES string of the molecule is CC(C)(C)[C@H](O)C(=O)N1CC(c2cc(F)ccc2F)=C[C@H]1c1ccccc1. The van der Waals surface area contributed by atoms with Crippen LogP contribution in [0.15, 0.2) is 54.6 Å². The third kappa shape index (κ3) is 3.93. The van der Waals surface area contributed by atoms with Crippen molar-refractivity contribution in [2.75, 3.05) is 6.54 Å². The first kappa shape index (κ1) is 19.2. The van der Waals surface area contributed by atoms with E-state index < -0.39 is 35.1 Å². The van der Waals surface area contributed by atoms with Gasteiger partial charge in [0, 0.05) is 12.1 Å². The van der Waals surface area contributed by atoms with Gasteiger partial charge in [0.1, 0.15) is 17.7 Å². The van der Waals surface area contributed by atoms with Crippen LogP contribution in [0.2, 0.25) is 0 Å². The van der Waals surface area contributed by atoms with Crippen LogP contribution in [-0.4, -0.2) is 28.6 Å². The lowest BCUT2D eigenvalue weighted by molar-refractivity contribution is -0.146. The Balaban J connectivity index is 2.02. The summed E-state index contributed by atoms with van der Waals surface area (Å²) in [6, 6.07) is 12.1. The molecule has 142 valence electrons. The molecule has 1 amide bonds. The molecule has 0 aliphatic carbocycles. The topological polar surface area (TPSA) is 40.5 Å². The van der Waals surface area contributed by atoms with E-state index in [9.17, 15) is 18.7 Å². The highest BCUT2D eigenvalue weighted by Crippen LogP contribution is 2.37. The summed E-state index contributed by atoms with van der Waals surface area (Å²) >= 11 is 0. The summed E-state index contributed by atoms with van der Waals surface area (Å²) < 4.78 is 27.9. The third-order valence-electron chi connectivity index (χ3n) is 4.79. The Labute approximate surface area is 157 Å². The lowest BCUT2D eigenvalue weighted by Gasteiger charge is -2.32. The summed E-state index contributed by atoms with van der Waals surface area (Å²) in [5.74, 6) is -1.51. The van der Waals surface area contributed by atoms with Gasteiger partial charge in [0.25, 0.3) is 5.91 Å². The molecule has 27 heavy (non-hydrogen) atoms. The molecule has 1 N–H and O–H groups in total. The second kappa shape index (κ2) is 7.24. The quantitative estimate of drug-likeness (QED) is 0.872. The highest BCUT2D eigenvalue weighted by molar-refractivity contribution is 5.86. The van der Waals surface area contributed by atoms with Gasteiger partial charge in [-0.05, 0) is 34.8 Å². The van der Waals surface area contributed by atoms with E-state index in [0.29, 0.717) is 5.57 Å². The van der Waals surface area contributed by atoms with Gasteiger partial charge in [-0.2, -0.15) is 0 Å². The van der Waals surface area contributed by atoms with E-state index in [2.05, 4.69) is 0 Å². The molecule has 0 saturated carbocycles. The minimum atomic E-state index is -1.20. The van der Waals surface area contributed by atoms with E-state index in [0.717, 1.165) is 23.8 Å². The maximum atomic E-state index is 14.3. The van der Waals surface area contributed by atoms with E-state index in [-0.39, 0.29) is 12.1 Å². The van der Waals surface area contributed by atoms with Gasteiger partial charge in [-0.1, -0.05) is 57.2 Å². The number of aliphatic hydroxyl groups excluding tert-OH is 1. The molecule has 0 radical (unpaired) electrons. The monoisotopic (exact) mass is 371 g/mol. The second-order valence-electron chi connectivity index (χ2n) is 7.91. The zero-order valence-corrected chi connectivity index (χ0v) is 15.6. The number of hydrogen-bond acceptors (Lipinski definition) is 2. The largest absolute Gasteiger partial charge is 0.383 e. The van der Waals surface area contributed by atoms with Crippen LogP contribution in [0, 0.1) is 17.0 Å². The molecule has 0 aromatic heterocycles. The van der Waals surface area contributed by atoms with Gasteiger partial charge in [-0.3, -0.25) is 4.79 Å². The Bertz CT molecular complexity index is 872. The summed E-state index contributed by atoms with van der Waals surface area (Å²) in [6.45, 7) is 5.45. The average molecular weight is 371 g/mol. The van der Waals surface area contributed by atoms with E-state index in [4.69, 9.17) is 0 Å². The first-order chi connectivity index (χ1) is 12.7. The molecular weight excluding hydrogens is 348 g/mol. The Hall–Kier alpha value is -2.53. The zero-order chi connectivity index (χ0) is 19.8. The van der Waals surface area contributed by atoms with E-state index in [1.165, 1.54) is 4.90 Å². The van der Waals surface area contributed by atoms with Crippen LogP contribution < -0.4 is 0 Å². The van der Waals surface area contributed by atoms with Crippen molar-refractivity contribution in [1.82, 2.24) is 4.90 Å². The van der Waals surface area contributed by atoms with Crippen molar-refractivity contribution in [2.24, 2.45) is 5.41 Å². The lowest BCUT2D eigenvalue weighted by Crippen LogP contribution is -2.45. The molecule has 3 nitrogen and oxygen atoms in total. The first-order valence-corrected chi connectivity index (χ1v) is 8.88. The number of carbonyl (C=O) groups excluding carboxylic acids is 1. The zero-order valence-electron chi connectivity index (χ0n) is 15.6. The summed E-state index contributed by atoms with van der Waals surface area (Å²) in [7, 11) is 0. The maximum absolute atomic E-state index is 14.3. The Morgan fingerprint density at radius 2 is 1.81 bits per heavy atom. The number of rotatable bonds is 3. The van der Waals surface area contributed by atoms with Gasteiger partial charge >= 0.3 is 0 Å². The van der Waals surface area contributed by atoms with E-state index in [1.54, 1.807) is 26.8 Å². The van der Waals surface area contributed by atoms with Crippen LogP contribution in [0.5, 0.6) is 0 Å². The number of carbonyl (C=O) groups is 1. The lowest BCUT2D eigenvalue weighted by atomic mass is 9.88. The molecular formula is C22H23F2NO2. The highest BCUT2D eigenvalue weighted by atomic mass is 19.1. The minimum Gasteiger partial charge on any atom is -0.383 e. The van der Waals surface area contributed by atoms with Crippen LogP contribution in [0.3, 0.4) is 0 Å². The number of halogens is 2. The van der Waals surface area contributed by atoms with Gasteiger partial charge < -0.3 is 10.0 Å². The van der Waals surface area contributed by atoms with Crippen molar-refractivity contribution >= 4 is 11.5 Å². The molecule has 0 spiro atoms. The molecule has 1 aliphatic rings. The van der Waals surface area contributed by atoms with Gasteiger partial charge in [-0.15, -0.1) is 0 Å². The standard InChI is InChI=1S/C22H23F2NO2/c1-22(2,3)20(26)21(27)25-13-15(17-12-16(23)9-10-18(17)24)11-19(25)14-7-5-4-6-8-14/h4-12,19-20,26H,13H2,1-3H3/t19-,20+/m0/s1. The van der Waals surface area contributed by atoms with Gasteiger partial charge in [0.05, 0.1) is 6.04 Å². The molecule has 0 saturated heterocycles. The molecule has 2 aromatic carbocycles. The maximum Gasteiger partial charge on any atom is 0.253 e. The fourth-order valence-electron chi connectivity index (χ4n) is 3.20. The molecule has 1 aliphatic heterocycles. The Morgan fingerprint density at radius 3 is 2.44 bits per heavy atom. The number of nitrogens with zero attached hydrogens (tertiary/aromatic N) is 1. The van der Waals surface area contributed by atoms with E-state index >= 15 is 0 Å². The molecule has 2 atom stereocenters. The molecule has 2 aromatic rings. The fraction of sp³-hybridized carbons (Fsp3) is 0.318. The van der Waals surface area contributed by atoms with Crippen molar-refractivity contribution in [3.63, 3.8) is 0 Å². The van der Waals surface area contributed by atoms with Crippen LogP contribution >= 0.6 is 0 Å². The number of hydrogen-bond donors (Lipinski definition) is 1. The first-order valence-electron chi connectivity index (χ1n) is 8.88. The molecule has 0 bridgehead atoms. The summed E-state index contributed by atoms with van der Waals surface area (Å²) in [4.78, 5) is 14.5. The normalized spacial score (nSPS) is 18.4. The number of amides is 1. The van der Waals surface area contributed by atoms with Gasteiger partial charge in [0.2, 0.25) is 0 Å². The van der Waals surface area contributed by atoms with Crippen LogP contribution in [-0.2, 0) is 4.79 Å². The third-order valence-corrected chi connectivity index (χ3v) is 4.79. The summed E-state index contributed by atoms with van der Waals surface area (Å²) in [6.07, 6.45) is 0.564. The van der Waals surface area contributed by atoms with Gasteiger partial charge in [0.15, 0.2) is 0 Å². The Kier molecular flexibility index (Phi) is 5.16. The van der Waals surface area contributed by atoms with Crippen molar-refractivity contribution < 1.29 is 18.7 Å².